The van der Waals surface area contributed by atoms with Crippen LogP contribution in [0.25, 0.3) is 5.95 Å². The van der Waals surface area contributed by atoms with E-state index in [-0.39, 0.29) is 0 Å². The van der Waals surface area contributed by atoms with Gasteiger partial charge >= 0.3 is 6.01 Å². The van der Waals surface area contributed by atoms with Crippen LogP contribution in [0.15, 0.2) is 18.7 Å². The SMILES string of the molecule is CCCNc1nc(OCCC(C)C)nc(-n2ccnc2)n1. The molecule has 114 valence electrons. The third-order valence-corrected chi connectivity index (χ3v) is 2.80. The predicted molar refractivity (Wildman–Crippen MR) is 80.7 cm³/mol. The first-order valence-electron chi connectivity index (χ1n) is 7.30. The molecule has 2 aromatic heterocycles. The first-order valence-corrected chi connectivity index (χ1v) is 7.30. The van der Waals surface area contributed by atoms with Crippen LogP contribution < -0.4 is 10.1 Å². The minimum absolute atomic E-state index is 0.341. The van der Waals surface area contributed by atoms with Crippen molar-refractivity contribution in [2.24, 2.45) is 5.92 Å². The van der Waals surface area contributed by atoms with Gasteiger partial charge in [0.2, 0.25) is 11.9 Å². The average Bonchev–Trinajstić information content (AvgIpc) is 2.99. The third kappa shape index (κ3) is 4.70. The maximum Gasteiger partial charge on any atom is 0.323 e. The Bertz CT molecular complexity index is 540. The second-order valence-corrected chi connectivity index (χ2v) is 5.17. The van der Waals surface area contributed by atoms with Crippen molar-refractivity contribution in [2.45, 2.75) is 33.6 Å². The van der Waals surface area contributed by atoms with Crippen molar-refractivity contribution in [1.29, 1.82) is 0 Å². The summed E-state index contributed by atoms with van der Waals surface area (Å²) in [5, 5.41) is 3.16. The van der Waals surface area contributed by atoms with E-state index in [0.717, 1.165) is 19.4 Å². The van der Waals surface area contributed by atoms with Gasteiger partial charge < -0.3 is 10.1 Å². The van der Waals surface area contributed by atoms with E-state index >= 15 is 0 Å². The molecular weight excluding hydrogens is 268 g/mol. The normalized spacial score (nSPS) is 10.9. The van der Waals surface area contributed by atoms with Crippen LogP contribution in [-0.4, -0.2) is 37.7 Å². The highest BCUT2D eigenvalue weighted by Crippen LogP contribution is 2.12. The summed E-state index contributed by atoms with van der Waals surface area (Å²) < 4.78 is 7.37. The standard InChI is InChI=1S/C14H22N6O/c1-4-6-16-12-17-13(20-8-7-15-10-20)19-14(18-12)21-9-5-11(2)3/h7-8,10-11H,4-6,9H2,1-3H3,(H,16,17,18,19). The Morgan fingerprint density at radius 2 is 2.14 bits per heavy atom. The van der Waals surface area contributed by atoms with E-state index in [1.54, 1.807) is 23.3 Å². The highest BCUT2D eigenvalue weighted by atomic mass is 16.5. The van der Waals surface area contributed by atoms with Crippen molar-refractivity contribution in [3.8, 4) is 12.0 Å². The highest BCUT2D eigenvalue weighted by molar-refractivity contribution is 5.30. The lowest BCUT2D eigenvalue weighted by molar-refractivity contribution is 0.267. The topological polar surface area (TPSA) is 77.8 Å². The fraction of sp³-hybridized carbons (Fsp3) is 0.571. The molecule has 0 radical (unpaired) electrons. The van der Waals surface area contributed by atoms with E-state index < -0.39 is 0 Å². The van der Waals surface area contributed by atoms with E-state index in [1.807, 2.05) is 0 Å². The Kier molecular flexibility index (Phi) is 5.48. The van der Waals surface area contributed by atoms with Gasteiger partial charge in [-0.15, -0.1) is 0 Å². The molecule has 0 bridgehead atoms. The van der Waals surface area contributed by atoms with Gasteiger partial charge in [0.1, 0.15) is 6.33 Å². The maximum absolute atomic E-state index is 5.64. The lowest BCUT2D eigenvalue weighted by Crippen LogP contribution is -2.12. The summed E-state index contributed by atoms with van der Waals surface area (Å²) in [7, 11) is 0. The number of imidazole rings is 1. The number of rotatable bonds is 8. The number of hydrogen-bond acceptors (Lipinski definition) is 6. The minimum atomic E-state index is 0.341. The number of hydrogen-bond donors (Lipinski definition) is 1. The van der Waals surface area contributed by atoms with Crippen LogP contribution in [0.1, 0.15) is 33.6 Å². The fourth-order valence-electron chi connectivity index (χ4n) is 1.61. The van der Waals surface area contributed by atoms with Crippen molar-refractivity contribution in [1.82, 2.24) is 24.5 Å². The summed E-state index contributed by atoms with van der Waals surface area (Å²) in [6, 6.07) is 0.341. The van der Waals surface area contributed by atoms with E-state index in [9.17, 15) is 0 Å². The molecule has 21 heavy (non-hydrogen) atoms. The first-order chi connectivity index (χ1) is 10.2. The van der Waals surface area contributed by atoms with Gasteiger partial charge in [-0.1, -0.05) is 20.8 Å². The summed E-state index contributed by atoms with van der Waals surface area (Å²) in [6.07, 6.45) is 7.08. The number of nitrogens with zero attached hydrogens (tertiary/aromatic N) is 5. The van der Waals surface area contributed by atoms with Crippen LogP contribution in [0.3, 0.4) is 0 Å². The molecule has 0 aliphatic carbocycles. The van der Waals surface area contributed by atoms with E-state index in [0.29, 0.717) is 30.4 Å². The molecule has 2 rings (SSSR count). The summed E-state index contributed by atoms with van der Waals surface area (Å²) in [5.41, 5.74) is 0. The van der Waals surface area contributed by atoms with Crippen molar-refractivity contribution in [3.05, 3.63) is 18.7 Å². The van der Waals surface area contributed by atoms with Crippen molar-refractivity contribution >= 4 is 5.95 Å². The largest absolute Gasteiger partial charge is 0.463 e. The molecule has 0 atom stereocenters. The van der Waals surface area contributed by atoms with Crippen molar-refractivity contribution < 1.29 is 4.74 Å². The highest BCUT2D eigenvalue weighted by Gasteiger charge is 2.09. The molecule has 2 heterocycles. The average molecular weight is 290 g/mol. The molecule has 1 N–H and O–H groups in total. The Morgan fingerprint density at radius 1 is 1.29 bits per heavy atom. The Morgan fingerprint density at radius 3 is 2.81 bits per heavy atom. The molecule has 7 heteroatoms. The van der Waals surface area contributed by atoms with Gasteiger partial charge in [-0.05, 0) is 18.8 Å². The second kappa shape index (κ2) is 7.56. The molecule has 0 fully saturated rings. The number of anilines is 1. The van der Waals surface area contributed by atoms with Crippen LogP contribution in [-0.2, 0) is 0 Å². The monoisotopic (exact) mass is 290 g/mol. The van der Waals surface area contributed by atoms with Gasteiger partial charge in [0.25, 0.3) is 0 Å². The van der Waals surface area contributed by atoms with Gasteiger partial charge in [-0.3, -0.25) is 4.57 Å². The summed E-state index contributed by atoms with van der Waals surface area (Å²) in [4.78, 5) is 17.0. The smallest absolute Gasteiger partial charge is 0.323 e. The molecule has 0 aliphatic rings. The minimum Gasteiger partial charge on any atom is -0.463 e. The van der Waals surface area contributed by atoms with Crippen molar-refractivity contribution in [3.63, 3.8) is 0 Å². The number of nitrogens with one attached hydrogen (secondary N) is 1. The zero-order valence-electron chi connectivity index (χ0n) is 12.8. The molecular formula is C14H22N6O. The molecule has 0 spiro atoms. The lowest BCUT2D eigenvalue weighted by atomic mass is 10.1. The molecule has 0 aromatic carbocycles. The zero-order valence-corrected chi connectivity index (χ0v) is 12.8. The fourth-order valence-corrected chi connectivity index (χ4v) is 1.61. The van der Waals surface area contributed by atoms with Crippen molar-refractivity contribution in [2.75, 3.05) is 18.5 Å². The second-order valence-electron chi connectivity index (χ2n) is 5.17. The zero-order chi connectivity index (χ0) is 15.1. The van der Waals surface area contributed by atoms with E-state index in [2.05, 4.69) is 46.0 Å². The van der Waals surface area contributed by atoms with Crippen LogP contribution in [0.2, 0.25) is 0 Å². The van der Waals surface area contributed by atoms with Crippen LogP contribution in [0, 0.1) is 5.92 Å². The lowest BCUT2D eigenvalue weighted by Gasteiger charge is -2.10. The molecule has 0 aliphatic heterocycles. The summed E-state index contributed by atoms with van der Waals surface area (Å²) in [6.45, 7) is 7.80. The molecule has 2 aromatic rings. The van der Waals surface area contributed by atoms with Gasteiger partial charge in [0.15, 0.2) is 0 Å². The number of aromatic nitrogens is 5. The third-order valence-electron chi connectivity index (χ3n) is 2.80. The summed E-state index contributed by atoms with van der Waals surface area (Å²) >= 11 is 0. The summed E-state index contributed by atoms with van der Waals surface area (Å²) in [5.74, 6) is 1.60. The molecule has 0 amide bonds. The molecule has 0 unspecified atom stereocenters. The van der Waals surface area contributed by atoms with E-state index in [1.165, 1.54) is 0 Å². The molecule has 7 nitrogen and oxygen atoms in total. The van der Waals surface area contributed by atoms with Crippen LogP contribution in [0.5, 0.6) is 6.01 Å². The first kappa shape index (κ1) is 15.2. The van der Waals surface area contributed by atoms with Crippen LogP contribution >= 0.6 is 0 Å². The van der Waals surface area contributed by atoms with Gasteiger partial charge in [0, 0.05) is 18.9 Å². The van der Waals surface area contributed by atoms with Gasteiger partial charge in [0.05, 0.1) is 6.61 Å². The Labute approximate surface area is 124 Å². The van der Waals surface area contributed by atoms with Crippen LogP contribution in [0.4, 0.5) is 5.95 Å². The number of ether oxygens (including phenoxy) is 1. The quantitative estimate of drug-likeness (QED) is 0.803. The van der Waals surface area contributed by atoms with E-state index in [4.69, 9.17) is 4.74 Å². The molecule has 0 saturated carbocycles. The Hall–Kier alpha value is -2.18. The molecule has 0 saturated heterocycles. The van der Waals surface area contributed by atoms with Gasteiger partial charge in [-0.25, -0.2) is 4.98 Å². The predicted octanol–water partition coefficient (Wildman–Crippen LogP) is 2.30. The van der Waals surface area contributed by atoms with Gasteiger partial charge in [-0.2, -0.15) is 15.0 Å². The maximum atomic E-state index is 5.64. The Balaban J connectivity index is 2.16.